The minimum Gasteiger partial charge on any atom is -0.612 e. The highest BCUT2D eigenvalue weighted by Gasteiger charge is 2.29. The van der Waals surface area contributed by atoms with Crippen LogP contribution in [0.15, 0.2) is 77.7 Å². The summed E-state index contributed by atoms with van der Waals surface area (Å²) in [6.07, 6.45) is 3.89. The first-order valence-corrected chi connectivity index (χ1v) is 17.7. The van der Waals surface area contributed by atoms with E-state index in [1.54, 1.807) is 36.6 Å². The van der Waals surface area contributed by atoms with E-state index < -0.39 is 23.0 Å². The number of amides is 2. The second-order valence-electron chi connectivity index (χ2n) is 11.9. The first-order chi connectivity index (χ1) is 22.5. The Morgan fingerprint density at radius 2 is 1.83 bits per heavy atom. The lowest BCUT2D eigenvalue weighted by atomic mass is 9.88. The lowest BCUT2D eigenvalue weighted by molar-refractivity contribution is -0.118. The third-order valence-electron chi connectivity index (χ3n) is 8.82. The summed E-state index contributed by atoms with van der Waals surface area (Å²) in [7, 11) is 0. The van der Waals surface area contributed by atoms with Crippen LogP contribution in [0.1, 0.15) is 58.1 Å². The number of nitrogens with two attached hydrogens (primary N) is 1. The summed E-state index contributed by atoms with van der Waals surface area (Å²) in [5, 5.41) is 11.9. The Morgan fingerprint density at radius 3 is 2.51 bits per heavy atom. The second kappa shape index (κ2) is 15.5. The van der Waals surface area contributed by atoms with E-state index in [-0.39, 0.29) is 30.7 Å². The highest BCUT2D eigenvalue weighted by atomic mass is 35.5. The fraction of sp³-hybridized carbons (Fsp3) is 0.306. The zero-order valence-electron chi connectivity index (χ0n) is 25.9. The van der Waals surface area contributed by atoms with Crippen molar-refractivity contribution in [3.63, 3.8) is 0 Å². The Hall–Kier alpha value is -3.65. The maximum atomic E-state index is 14.1. The van der Waals surface area contributed by atoms with E-state index in [0.717, 1.165) is 42.4 Å². The van der Waals surface area contributed by atoms with Crippen molar-refractivity contribution in [2.45, 2.75) is 36.0 Å². The number of hydrogen-bond donors (Lipinski definition) is 1. The number of carbonyl (C=O) groups is 2. The Labute approximate surface area is 287 Å². The van der Waals surface area contributed by atoms with Crippen LogP contribution in [-0.4, -0.2) is 65.1 Å². The van der Waals surface area contributed by atoms with Gasteiger partial charge in [-0.3, -0.25) is 9.59 Å². The SMILES string of the molecule is C[S@+]([O-])c1cc(F)ccc1C1CCN(CC[C@H](CN(CC(N)=O)C(=O)c2cc(C#N)cc3ccccc23)c2ccc(Cl)c(Cl)c2)CC1. The third kappa shape index (κ3) is 8.45. The molecule has 2 N–H and O–H groups in total. The quantitative estimate of drug-likeness (QED) is 0.172. The Bertz CT molecular complexity index is 1820. The second-order valence-corrected chi connectivity index (χ2v) is 14.1. The van der Waals surface area contributed by atoms with Gasteiger partial charge in [0.2, 0.25) is 5.91 Å². The molecule has 47 heavy (non-hydrogen) atoms. The van der Waals surface area contributed by atoms with Crippen molar-refractivity contribution in [1.29, 1.82) is 5.26 Å². The van der Waals surface area contributed by atoms with Crippen LogP contribution >= 0.6 is 23.2 Å². The maximum absolute atomic E-state index is 14.1. The number of rotatable bonds is 11. The van der Waals surface area contributed by atoms with Crippen LogP contribution in [0.4, 0.5) is 4.39 Å². The Kier molecular flexibility index (Phi) is 11.4. The molecular weight excluding hydrogens is 658 g/mol. The standard InChI is InChI=1S/C36H35Cl2FN4O3S/c1-47(46)34-19-28(39)7-8-30(34)24-10-13-42(14-11-24)15-12-27(25-6-9-32(37)33(38)18-25)21-43(22-35(41)44)36(45)31-17-23(20-40)16-26-4-2-3-5-29(26)31/h2-9,16-19,24,27H,10-15,21-22H2,1H3,(H2,41,44)/t27-,47+/m1/s1. The van der Waals surface area contributed by atoms with E-state index in [9.17, 15) is 23.8 Å². The molecule has 0 aliphatic carbocycles. The zero-order valence-corrected chi connectivity index (χ0v) is 28.3. The van der Waals surface area contributed by atoms with Gasteiger partial charge in [-0.25, -0.2) is 4.39 Å². The highest BCUT2D eigenvalue weighted by Crippen LogP contribution is 2.34. The molecule has 1 aliphatic rings. The number of piperidine rings is 1. The molecule has 0 radical (unpaired) electrons. The van der Waals surface area contributed by atoms with Gasteiger partial charge in [0.1, 0.15) is 12.1 Å². The van der Waals surface area contributed by atoms with Gasteiger partial charge in [0.05, 0.1) is 28.2 Å². The molecular formula is C36H35Cl2FN4O3S. The normalized spacial score (nSPS) is 15.2. The smallest absolute Gasteiger partial charge is 0.255 e. The van der Waals surface area contributed by atoms with Gasteiger partial charge in [-0.1, -0.05) is 59.6 Å². The van der Waals surface area contributed by atoms with Crippen molar-refractivity contribution >= 4 is 57.0 Å². The van der Waals surface area contributed by atoms with Crippen LogP contribution in [0, 0.1) is 17.1 Å². The summed E-state index contributed by atoms with van der Waals surface area (Å²) in [5.74, 6) is -1.48. The van der Waals surface area contributed by atoms with Crippen LogP contribution in [0.25, 0.3) is 10.8 Å². The van der Waals surface area contributed by atoms with Crippen molar-refractivity contribution in [3.8, 4) is 6.07 Å². The molecule has 244 valence electrons. The number of hydrogen-bond acceptors (Lipinski definition) is 5. The van der Waals surface area contributed by atoms with Gasteiger partial charge in [-0.05, 0) is 103 Å². The van der Waals surface area contributed by atoms with Crippen LogP contribution < -0.4 is 5.73 Å². The largest absolute Gasteiger partial charge is 0.612 e. The predicted octanol–water partition coefficient (Wildman–Crippen LogP) is 6.88. The number of likely N-dealkylation sites (tertiary alicyclic amines) is 1. The lowest BCUT2D eigenvalue weighted by Gasteiger charge is -2.34. The first-order valence-electron chi connectivity index (χ1n) is 15.3. The van der Waals surface area contributed by atoms with Gasteiger partial charge in [0.25, 0.3) is 5.91 Å². The average molecular weight is 694 g/mol. The monoisotopic (exact) mass is 692 g/mol. The van der Waals surface area contributed by atoms with Gasteiger partial charge >= 0.3 is 0 Å². The van der Waals surface area contributed by atoms with Gasteiger partial charge < -0.3 is 20.1 Å². The predicted molar refractivity (Wildman–Crippen MR) is 185 cm³/mol. The fourth-order valence-corrected chi connectivity index (χ4v) is 7.58. The molecule has 0 bridgehead atoms. The molecule has 2 atom stereocenters. The van der Waals surface area contributed by atoms with E-state index in [2.05, 4.69) is 11.0 Å². The summed E-state index contributed by atoms with van der Waals surface area (Å²) in [6.45, 7) is 2.18. The molecule has 0 saturated carbocycles. The molecule has 0 spiro atoms. The maximum Gasteiger partial charge on any atom is 0.255 e. The number of primary amides is 1. The van der Waals surface area contributed by atoms with E-state index >= 15 is 0 Å². The summed E-state index contributed by atoms with van der Waals surface area (Å²) in [4.78, 5) is 30.8. The van der Waals surface area contributed by atoms with E-state index in [0.29, 0.717) is 44.4 Å². The number of benzene rings is 4. The van der Waals surface area contributed by atoms with E-state index in [1.165, 1.54) is 17.0 Å². The molecule has 11 heteroatoms. The molecule has 1 aliphatic heterocycles. The molecule has 1 fully saturated rings. The molecule has 1 saturated heterocycles. The van der Waals surface area contributed by atoms with Crippen molar-refractivity contribution in [3.05, 3.63) is 111 Å². The average Bonchev–Trinajstić information content (AvgIpc) is 3.06. The Morgan fingerprint density at radius 1 is 1.09 bits per heavy atom. The van der Waals surface area contributed by atoms with Crippen LogP contribution in [0.2, 0.25) is 10.0 Å². The molecule has 2 amide bonds. The van der Waals surface area contributed by atoms with Crippen molar-refractivity contribution < 1.29 is 18.5 Å². The highest BCUT2D eigenvalue weighted by molar-refractivity contribution is 7.90. The van der Waals surface area contributed by atoms with Crippen molar-refractivity contribution in [2.24, 2.45) is 5.73 Å². The van der Waals surface area contributed by atoms with E-state index in [4.69, 9.17) is 28.9 Å². The summed E-state index contributed by atoms with van der Waals surface area (Å²) < 4.78 is 26.2. The number of carbonyl (C=O) groups excluding carboxylic acids is 2. The van der Waals surface area contributed by atoms with Crippen molar-refractivity contribution in [2.75, 3.05) is 39.0 Å². The van der Waals surface area contributed by atoms with E-state index in [1.807, 2.05) is 30.3 Å². The minimum atomic E-state index is -1.29. The molecule has 5 rings (SSSR count). The molecule has 4 aromatic rings. The van der Waals surface area contributed by atoms with Gasteiger partial charge in [0.15, 0.2) is 4.90 Å². The minimum absolute atomic E-state index is 0.180. The number of halogens is 3. The van der Waals surface area contributed by atoms with Crippen molar-refractivity contribution in [1.82, 2.24) is 9.80 Å². The third-order valence-corrected chi connectivity index (χ3v) is 10.5. The fourth-order valence-electron chi connectivity index (χ4n) is 6.43. The Balaban J connectivity index is 1.37. The summed E-state index contributed by atoms with van der Waals surface area (Å²) in [5.41, 5.74) is 8.13. The van der Waals surface area contributed by atoms with Gasteiger partial charge in [0, 0.05) is 29.7 Å². The summed E-state index contributed by atoms with van der Waals surface area (Å²) >= 11 is 11.4. The lowest BCUT2D eigenvalue weighted by Crippen LogP contribution is -2.42. The molecule has 7 nitrogen and oxygen atoms in total. The molecule has 4 aromatic carbocycles. The topological polar surface area (TPSA) is 113 Å². The number of nitriles is 1. The zero-order chi connectivity index (χ0) is 33.7. The number of fused-ring (bicyclic) bond motifs is 1. The first kappa shape index (κ1) is 34.7. The molecule has 0 unspecified atom stereocenters. The number of nitrogens with zero attached hydrogens (tertiary/aromatic N) is 3. The van der Waals surface area contributed by atoms with Crippen LogP contribution in [0.5, 0.6) is 0 Å². The van der Waals surface area contributed by atoms with Gasteiger partial charge in [-0.2, -0.15) is 5.26 Å². The molecule has 0 aromatic heterocycles. The van der Waals surface area contributed by atoms with Gasteiger partial charge in [-0.15, -0.1) is 0 Å². The molecule has 1 heterocycles. The van der Waals surface area contributed by atoms with Crippen LogP contribution in [0.3, 0.4) is 0 Å². The van der Waals surface area contributed by atoms with Crippen LogP contribution in [-0.2, 0) is 16.0 Å². The summed E-state index contributed by atoms with van der Waals surface area (Å²) in [6, 6.07) is 22.7.